The van der Waals surface area contributed by atoms with Gasteiger partial charge in [-0.25, -0.2) is 9.97 Å². The fraction of sp³-hybridized carbons (Fsp3) is 0.692. The van der Waals surface area contributed by atoms with Gasteiger partial charge in [-0.2, -0.15) is 0 Å². The van der Waals surface area contributed by atoms with Gasteiger partial charge in [-0.3, -0.25) is 0 Å². The van der Waals surface area contributed by atoms with Crippen molar-refractivity contribution in [2.45, 2.75) is 49.9 Å². The topological polar surface area (TPSA) is 46.0 Å². The molecule has 1 heterocycles. The van der Waals surface area contributed by atoms with Crippen LogP contribution < -0.4 is 0 Å². The monoisotopic (exact) mass is 218 g/mol. The van der Waals surface area contributed by atoms with Crippen LogP contribution in [0, 0.1) is 0 Å². The van der Waals surface area contributed by atoms with Crippen LogP contribution in [0.15, 0.2) is 12.3 Å². The summed E-state index contributed by atoms with van der Waals surface area (Å²) in [6, 6.07) is 2.05. The molecule has 1 aromatic rings. The minimum Gasteiger partial charge on any atom is -0.395 e. The third-order valence-electron chi connectivity index (χ3n) is 4.08. The Hall–Kier alpha value is -0.960. The van der Waals surface area contributed by atoms with Crippen LogP contribution in [0.25, 0.3) is 0 Å². The molecule has 16 heavy (non-hydrogen) atoms. The third-order valence-corrected chi connectivity index (χ3v) is 4.08. The fourth-order valence-electron chi connectivity index (χ4n) is 2.68. The van der Waals surface area contributed by atoms with Crippen LogP contribution in [0.5, 0.6) is 0 Å². The average Bonchev–Trinajstić information content (AvgIpc) is 2.95. The van der Waals surface area contributed by atoms with Crippen molar-refractivity contribution in [2.75, 3.05) is 6.61 Å². The Kier molecular flexibility index (Phi) is 2.43. The van der Waals surface area contributed by atoms with E-state index in [9.17, 15) is 5.11 Å². The maximum absolute atomic E-state index is 9.39. The molecule has 3 nitrogen and oxygen atoms in total. The fourth-order valence-corrected chi connectivity index (χ4v) is 2.68. The van der Waals surface area contributed by atoms with E-state index in [2.05, 4.69) is 9.97 Å². The van der Waals surface area contributed by atoms with Crippen molar-refractivity contribution >= 4 is 0 Å². The molecule has 0 spiro atoms. The van der Waals surface area contributed by atoms with E-state index in [0.717, 1.165) is 18.7 Å². The lowest BCUT2D eigenvalue weighted by atomic mass is 10.0. The van der Waals surface area contributed by atoms with Crippen LogP contribution in [0.1, 0.15) is 56.0 Å². The van der Waals surface area contributed by atoms with Gasteiger partial charge in [0.05, 0.1) is 12.0 Å². The Balaban J connectivity index is 1.87. The van der Waals surface area contributed by atoms with Crippen LogP contribution in [-0.2, 0) is 5.41 Å². The summed E-state index contributed by atoms with van der Waals surface area (Å²) in [7, 11) is 0. The highest BCUT2D eigenvalue weighted by Gasteiger charge is 2.46. The molecule has 1 N–H and O–H groups in total. The van der Waals surface area contributed by atoms with Gasteiger partial charge in [-0.05, 0) is 31.7 Å². The van der Waals surface area contributed by atoms with E-state index in [-0.39, 0.29) is 12.0 Å². The second kappa shape index (κ2) is 3.81. The first-order valence-electron chi connectivity index (χ1n) is 6.28. The number of aromatic nitrogens is 2. The maximum atomic E-state index is 9.39. The zero-order chi connectivity index (χ0) is 11.0. The van der Waals surface area contributed by atoms with Crippen molar-refractivity contribution in [3.8, 4) is 0 Å². The molecule has 0 atom stereocenters. The molecule has 2 fully saturated rings. The minimum absolute atomic E-state index is 0.0887. The first-order valence-corrected chi connectivity index (χ1v) is 6.28. The van der Waals surface area contributed by atoms with Crippen molar-refractivity contribution in [2.24, 2.45) is 0 Å². The molecule has 0 radical (unpaired) electrons. The lowest BCUT2D eigenvalue weighted by Gasteiger charge is -2.13. The Bertz CT molecular complexity index is 381. The summed E-state index contributed by atoms with van der Waals surface area (Å²) in [5.41, 5.74) is 1.11. The van der Waals surface area contributed by atoms with Gasteiger partial charge in [0.1, 0.15) is 5.82 Å². The molecule has 0 amide bonds. The van der Waals surface area contributed by atoms with E-state index in [1.807, 2.05) is 12.3 Å². The predicted molar refractivity (Wildman–Crippen MR) is 61.2 cm³/mol. The minimum atomic E-state index is -0.0887. The molecule has 3 rings (SSSR count). The molecule has 0 aliphatic heterocycles. The van der Waals surface area contributed by atoms with Crippen molar-refractivity contribution in [3.63, 3.8) is 0 Å². The highest BCUT2D eigenvalue weighted by Crippen LogP contribution is 2.46. The van der Waals surface area contributed by atoms with E-state index >= 15 is 0 Å². The second-order valence-corrected chi connectivity index (χ2v) is 5.22. The lowest BCUT2D eigenvalue weighted by Crippen LogP contribution is -2.17. The van der Waals surface area contributed by atoms with Gasteiger partial charge < -0.3 is 5.11 Å². The highest BCUT2D eigenvalue weighted by atomic mass is 16.3. The smallest absolute Gasteiger partial charge is 0.136 e. The van der Waals surface area contributed by atoms with Gasteiger partial charge in [-0.1, -0.05) is 12.8 Å². The number of hydrogen-bond donors (Lipinski definition) is 1. The highest BCUT2D eigenvalue weighted by molar-refractivity contribution is 5.21. The summed E-state index contributed by atoms with van der Waals surface area (Å²) >= 11 is 0. The molecular weight excluding hydrogens is 200 g/mol. The van der Waals surface area contributed by atoms with Crippen LogP contribution in [-0.4, -0.2) is 21.7 Å². The first-order chi connectivity index (χ1) is 7.84. The standard InChI is InChI=1S/C13H18N2O/c16-9-13(6-7-13)12-14-8-5-11(15-12)10-3-1-2-4-10/h5,8,10,16H,1-4,6-7,9H2. The molecule has 0 aromatic carbocycles. The van der Waals surface area contributed by atoms with Gasteiger partial charge in [0.15, 0.2) is 0 Å². The van der Waals surface area contributed by atoms with E-state index in [4.69, 9.17) is 0 Å². The second-order valence-electron chi connectivity index (χ2n) is 5.22. The van der Waals surface area contributed by atoms with E-state index < -0.39 is 0 Å². The van der Waals surface area contributed by atoms with Crippen LogP contribution in [0.4, 0.5) is 0 Å². The molecule has 2 aliphatic rings. The Morgan fingerprint density at radius 1 is 1.31 bits per heavy atom. The molecule has 0 saturated heterocycles. The van der Waals surface area contributed by atoms with Crippen LogP contribution >= 0.6 is 0 Å². The third kappa shape index (κ3) is 1.63. The van der Waals surface area contributed by atoms with E-state index in [1.165, 1.54) is 31.4 Å². The SMILES string of the molecule is OCC1(c2nccc(C3CCCC3)n2)CC1. The summed E-state index contributed by atoms with van der Waals surface area (Å²) in [6.07, 6.45) is 9.14. The van der Waals surface area contributed by atoms with Crippen molar-refractivity contribution < 1.29 is 5.11 Å². The largest absolute Gasteiger partial charge is 0.395 e. The van der Waals surface area contributed by atoms with Gasteiger partial charge in [-0.15, -0.1) is 0 Å². The summed E-state index contributed by atoms with van der Waals surface area (Å²) in [6.45, 7) is 0.196. The van der Waals surface area contributed by atoms with Crippen molar-refractivity contribution in [1.29, 1.82) is 0 Å². The number of aliphatic hydroxyl groups is 1. The number of nitrogens with zero attached hydrogens (tertiary/aromatic N) is 2. The van der Waals surface area contributed by atoms with E-state index in [1.54, 1.807) is 0 Å². The van der Waals surface area contributed by atoms with Crippen molar-refractivity contribution in [3.05, 3.63) is 23.8 Å². The summed E-state index contributed by atoms with van der Waals surface area (Å²) < 4.78 is 0. The Labute approximate surface area is 95.9 Å². The summed E-state index contributed by atoms with van der Waals surface area (Å²) in [4.78, 5) is 9.03. The molecular formula is C13H18N2O. The lowest BCUT2D eigenvalue weighted by molar-refractivity contribution is 0.249. The normalized spacial score (nSPS) is 23.6. The first kappa shape index (κ1) is 10.2. The molecule has 3 heteroatoms. The molecule has 2 aliphatic carbocycles. The Morgan fingerprint density at radius 2 is 2.06 bits per heavy atom. The number of rotatable bonds is 3. The average molecular weight is 218 g/mol. The number of hydrogen-bond acceptors (Lipinski definition) is 3. The van der Waals surface area contributed by atoms with Crippen molar-refractivity contribution in [1.82, 2.24) is 9.97 Å². The van der Waals surface area contributed by atoms with Gasteiger partial charge in [0.25, 0.3) is 0 Å². The summed E-state index contributed by atoms with van der Waals surface area (Å²) in [5.74, 6) is 1.51. The Morgan fingerprint density at radius 3 is 2.69 bits per heavy atom. The number of aliphatic hydroxyl groups excluding tert-OH is 1. The zero-order valence-corrected chi connectivity index (χ0v) is 9.52. The molecule has 86 valence electrons. The van der Waals surface area contributed by atoms with Crippen LogP contribution in [0.2, 0.25) is 0 Å². The van der Waals surface area contributed by atoms with Gasteiger partial charge in [0, 0.05) is 17.8 Å². The molecule has 1 aromatic heterocycles. The van der Waals surface area contributed by atoms with Crippen LogP contribution in [0.3, 0.4) is 0 Å². The maximum Gasteiger partial charge on any atom is 0.136 e. The predicted octanol–water partition coefficient (Wildman–Crippen LogP) is 2.16. The molecule has 0 bridgehead atoms. The quantitative estimate of drug-likeness (QED) is 0.845. The zero-order valence-electron chi connectivity index (χ0n) is 9.52. The van der Waals surface area contributed by atoms with Gasteiger partial charge in [0.2, 0.25) is 0 Å². The van der Waals surface area contributed by atoms with Gasteiger partial charge >= 0.3 is 0 Å². The molecule has 0 unspecified atom stereocenters. The summed E-state index contributed by atoms with van der Waals surface area (Å²) in [5, 5.41) is 9.39. The molecule has 2 saturated carbocycles. The van der Waals surface area contributed by atoms with E-state index in [0.29, 0.717) is 5.92 Å².